The molecule has 160 valence electrons. The summed E-state index contributed by atoms with van der Waals surface area (Å²) in [6.07, 6.45) is 3.69. The third-order valence-corrected chi connectivity index (χ3v) is 6.43. The van der Waals surface area contributed by atoms with Gasteiger partial charge in [-0.25, -0.2) is 13.2 Å². The van der Waals surface area contributed by atoms with E-state index in [1.54, 1.807) is 18.5 Å². The van der Waals surface area contributed by atoms with Crippen molar-refractivity contribution in [3.8, 4) is 5.75 Å². The first-order chi connectivity index (χ1) is 14.9. The first-order valence-corrected chi connectivity index (χ1v) is 10.6. The number of methoxy groups -OCH3 is 2. The van der Waals surface area contributed by atoms with Gasteiger partial charge in [0.05, 0.1) is 35.1 Å². The second-order valence-electron chi connectivity index (χ2n) is 6.41. The van der Waals surface area contributed by atoms with Gasteiger partial charge in [0.15, 0.2) is 6.29 Å². The smallest absolute Gasteiger partial charge is 0.339 e. The van der Waals surface area contributed by atoms with Crippen LogP contribution in [0, 0.1) is 0 Å². The molecule has 3 aromatic rings. The number of carbonyl (C=O) groups is 2. The van der Waals surface area contributed by atoms with Gasteiger partial charge in [-0.2, -0.15) is 0 Å². The molecule has 0 bridgehead atoms. The van der Waals surface area contributed by atoms with Gasteiger partial charge in [0.1, 0.15) is 5.75 Å². The predicted octanol–water partition coefficient (Wildman–Crippen LogP) is 3.13. The van der Waals surface area contributed by atoms with Crippen LogP contribution in [0.5, 0.6) is 5.75 Å². The van der Waals surface area contributed by atoms with Crippen molar-refractivity contribution < 1.29 is 27.5 Å². The highest BCUT2D eigenvalue weighted by atomic mass is 32.2. The fourth-order valence-electron chi connectivity index (χ4n) is 3.00. The molecule has 1 aromatic heterocycles. The normalized spacial score (nSPS) is 10.9. The Hall–Kier alpha value is -3.72. The highest BCUT2D eigenvalue weighted by Gasteiger charge is 2.30. The lowest BCUT2D eigenvalue weighted by molar-refractivity contribution is 0.0596. The van der Waals surface area contributed by atoms with Crippen LogP contribution in [0.25, 0.3) is 0 Å². The van der Waals surface area contributed by atoms with E-state index in [2.05, 4.69) is 10.3 Å². The van der Waals surface area contributed by atoms with Gasteiger partial charge in [-0.15, -0.1) is 0 Å². The number of hydrogen-bond donors (Lipinski definition) is 1. The average molecular weight is 440 g/mol. The number of carbonyl (C=O) groups excluding carboxylic acids is 2. The van der Waals surface area contributed by atoms with Crippen molar-refractivity contribution in [3.05, 3.63) is 77.6 Å². The minimum Gasteiger partial charge on any atom is -0.497 e. The summed E-state index contributed by atoms with van der Waals surface area (Å²) >= 11 is 0. The number of esters is 1. The van der Waals surface area contributed by atoms with E-state index in [9.17, 15) is 18.0 Å². The van der Waals surface area contributed by atoms with E-state index < -0.39 is 20.7 Å². The summed E-state index contributed by atoms with van der Waals surface area (Å²) in [6, 6.07) is 12.0. The van der Waals surface area contributed by atoms with Crippen LogP contribution in [-0.4, -0.2) is 39.9 Å². The number of rotatable bonds is 8. The molecule has 8 nitrogen and oxygen atoms in total. The van der Waals surface area contributed by atoms with Crippen molar-refractivity contribution in [1.29, 1.82) is 0 Å². The molecule has 0 saturated heterocycles. The summed E-state index contributed by atoms with van der Waals surface area (Å²) in [5, 5.41) is 3.04. The second kappa shape index (κ2) is 9.40. The van der Waals surface area contributed by atoms with E-state index in [-0.39, 0.29) is 21.7 Å². The highest BCUT2D eigenvalue weighted by molar-refractivity contribution is 7.91. The van der Waals surface area contributed by atoms with Crippen LogP contribution in [0.3, 0.4) is 0 Å². The molecule has 0 saturated carbocycles. The Morgan fingerprint density at radius 1 is 1.10 bits per heavy atom. The Kier molecular flexibility index (Phi) is 6.66. The van der Waals surface area contributed by atoms with Crippen molar-refractivity contribution in [1.82, 2.24) is 4.98 Å². The molecule has 0 aliphatic heterocycles. The van der Waals surface area contributed by atoms with Crippen molar-refractivity contribution in [2.75, 3.05) is 19.5 Å². The van der Waals surface area contributed by atoms with Crippen LogP contribution in [0.1, 0.15) is 26.3 Å². The minimum absolute atomic E-state index is 0.0917. The monoisotopic (exact) mass is 440 g/mol. The molecule has 3 rings (SSSR count). The zero-order chi connectivity index (χ0) is 22.4. The molecule has 9 heteroatoms. The molecule has 0 spiro atoms. The van der Waals surface area contributed by atoms with E-state index in [1.165, 1.54) is 43.5 Å². The molecule has 0 amide bonds. The molecule has 0 aliphatic carbocycles. The van der Waals surface area contributed by atoms with Gasteiger partial charge in [0.2, 0.25) is 9.84 Å². The summed E-state index contributed by atoms with van der Waals surface area (Å²) in [5.41, 5.74) is 0.699. The standard InChI is InChI=1S/C22H20N2O6S/c1-29-16-5-7-17(8-6-16)31(27,28)21-18(22(26)30-2)9-10-20(19(21)14-25)24-13-15-4-3-11-23-12-15/h3-12,14,24H,13H2,1-2H3. The summed E-state index contributed by atoms with van der Waals surface area (Å²) in [7, 11) is -1.64. The molecule has 1 N–H and O–H groups in total. The topological polar surface area (TPSA) is 112 Å². The van der Waals surface area contributed by atoms with Crippen LogP contribution < -0.4 is 10.1 Å². The number of hydrogen-bond acceptors (Lipinski definition) is 8. The Balaban J connectivity index is 2.14. The molecule has 0 atom stereocenters. The zero-order valence-corrected chi connectivity index (χ0v) is 17.7. The molecule has 0 aliphatic rings. The lowest BCUT2D eigenvalue weighted by Gasteiger charge is -2.16. The van der Waals surface area contributed by atoms with E-state index in [0.29, 0.717) is 18.6 Å². The van der Waals surface area contributed by atoms with Gasteiger partial charge in [-0.1, -0.05) is 6.07 Å². The SMILES string of the molecule is COC(=O)c1ccc(NCc2cccnc2)c(C=O)c1S(=O)(=O)c1ccc(OC)cc1. The van der Waals surface area contributed by atoms with Gasteiger partial charge in [-0.3, -0.25) is 9.78 Å². The molecule has 2 aromatic carbocycles. The number of pyridine rings is 1. The van der Waals surface area contributed by atoms with Crippen molar-refractivity contribution in [3.63, 3.8) is 0 Å². The number of nitrogens with one attached hydrogen (secondary N) is 1. The van der Waals surface area contributed by atoms with Gasteiger partial charge in [0, 0.05) is 24.6 Å². The maximum Gasteiger partial charge on any atom is 0.339 e. The Bertz CT molecular complexity index is 1190. The Morgan fingerprint density at radius 3 is 2.42 bits per heavy atom. The maximum atomic E-state index is 13.4. The molecular weight excluding hydrogens is 420 g/mol. The first kappa shape index (κ1) is 22.0. The quantitative estimate of drug-likeness (QED) is 0.420. The molecular formula is C22H20N2O6S. The predicted molar refractivity (Wildman–Crippen MR) is 113 cm³/mol. The van der Waals surface area contributed by atoms with E-state index >= 15 is 0 Å². The zero-order valence-electron chi connectivity index (χ0n) is 16.9. The van der Waals surface area contributed by atoms with E-state index in [1.807, 2.05) is 6.07 Å². The largest absolute Gasteiger partial charge is 0.497 e. The number of ether oxygens (including phenoxy) is 2. The van der Waals surface area contributed by atoms with E-state index in [0.717, 1.165) is 12.7 Å². The van der Waals surface area contributed by atoms with Crippen LogP contribution >= 0.6 is 0 Å². The lowest BCUT2D eigenvalue weighted by atomic mass is 10.1. The first-order valence-electron chi connectivity index (χ1n) is 9.14. The highest BCUT2D eigenvalue weighted by Crippen LogP contribution is 2.32. The number of sulfone groups is 1. The molecule has 0 fully saturated rings. The summed E-state index contributed by atoms with van der Waals surface area (Å²) in [5.74, 6) is -0.399. The third kappa shape index (κ3) is 4.56. The van der Waals surface area contributed by atoms with Crippen molar-refractivity contribution in [2.45, 2.75) is 16.3 Å². The Labute approximate surface area is 179 Å². The molecule has 0 unspecified atom stereocenters. The Morgan fingerprint density at radius 2 is 1.84 bits per heavy atom. The van der Waals surface area contributed by atoms with Crippen molar-refractivity contribution in [2.24, 2.45) is 0 Å². The van der Waals surface area contributed by atoms with Gasteiger partial charge >= 0.3 is 5.97 Å². The van der Waals surface area contributed by atoms with Crippen LogP contribution in [-0.2, 0) is 21.1 Å². The fraction of sp³-hybridized carbons (Fsp3) is 0.136. The lowest BCUT2D eigenvalue weighted by Crippen LogP contribution is -2.16. The summed E-state index contributed by atoms with van der Waals surface area (Å²) < 4.78 is 36.7. The number of aldehydes is 1. The van der Waals surface area contributed by atoms with Gasteiger partial charge in [-0.05, 0) is 48.0 Å². The minimum atomic E-state index is -4.24. The number of aromatic nitrogens is 1. The van der Waals surface area contributed by atoms with Crippen LogP contribution in [0.4, 0.5) is 5.69 Å². The molecule has 31 heavy (non-hydrogen) atoms. The number of anilines is 1. The third-order valence-electron chi connectivity index (χ3n) is 4.56. The molecule has 1 heterocycles. The van der Waals surface area contributed by atoms with Gasteiger partial charge in [0.25, 0.3) is 0 Å². The molecule has 0 radical (unpaired) electrons. The second-order valence-corrected chi connectivity index (χ2v) is 8.29. The van der Waals surface area contributed by atoms with E-state index in [4.69, 9.17) is 9.47 Å². The fourth-order valence-corrected chi connectivity index (χ4v) is 4.62. The summed E-state index contributed by atoms with van der Waals surface area (Å²) in [4.78, 5) is 27.8. The van der Waals surface area contributed by atoms with Gasteiger partial charge < -0.3 is 14.8 Å². The van der Waals surface area contributed by atoms with Crippen molar-refractivity contribution >= 4 is 27.8 Å². The number of nitrogens with zero attached hydrogens (tertiary/aromatic N) is 1. The van der Waals surface area contributed by atoms with Crippen LogP contribution in [0.2, 0.25) is 0 Å². The average Bonchev–Trinajstić information content (AvgIpc) is 2.82. The van der Waals surface area contributed by atoms with Crippen LogP contribution in [0.15, 0.2) is 70.7 Å². The number of benzene rings is 2. The summed E-state index contributed by atoms with van der Waals surface area (Å²) in [6.45, 7) is 0.300. The maximum absolute atomic E-state index is 13.4.